The van der Waals surface area contributed by atoms with Gasteiger partial charge in [-0.2, -0.15) is 0 Å². The molecule has 0 N–H and O–H groups in total. The smallest absolute Gasteiger partial charge is 0.306 e. The summed E-state index contributed by atoms with van der Waals surface area (Å²) in [6, 6.07) is 0. The van der Waals surface area contributed by atoms with Crippen LogP contribution in [0.25, 0.3) is 0 Å². The number of hydrogen-bond acceptors (Lipinski definition) is 6. The molecule has 1 atom stereocenters. The molecule has 0 spiro atoms. The van der Waals surface area contributed by atoms with Crippen LogP contribution in [0.15, 0.2) is 24.3 Å². The minimum Gasteiger partial charge on any atom is -0.462 e. The Hall–Kier alpha value is -2.11. The first kappa shape index (κ1) is 80.9. The molecular weight excluding hydrogens is 1020 g/mol. The van der Waals surface area contributed by atoms with Gasteiger partial charge in [-0.25, -0.2) is 0 Å². The summed E-state index contributed by atoms with van der Waals surface area (Å²) in [4.78, 5) is 38.6. The Kier molecular flexibility index (Phi) is 70.5. The highest BCUT2D eigenvalue weighted by Crippen LogP contribution is 2.19. The first-order valence-electron chi connectivity index (χ1n) is 37.8. The molecule has 0 saturated carbocycles. The predicted molar refractivity (Wildman–Crippen MR) is 363 cm³/mol. The zero-order valence-corrected chi connectivity index (χ0v) is 56.5. The van der Waals surface area contributed by atoms with Crippen LogP contribution >= 0.6 is 0 Å². The molecule has 0 bridgehead atoms. The molecule has 0 fully saturated rings. The summed E-state index contributed by atoms with van der Waals surface area (Å²) in [6.07, 6.45) is 89.3. The van der Waals surface area contributed by atoms with Crippen molar-refractivity contribution in [1.29, 1.82) is 0 Å². The Morgan fingerprint density at radius 3 is 0.663 bits per heavy atom. The second-order valence-corrected chi connectivity index (χ2v) is 25.9. The van der Waals surface area contributed by atoms with Crippen molar-refractivity contribution in [3.63, 3.8) is 0 Å². The van der Waals surface area contributed by atoms with Crippen LogP contribution in [0.4, 0.5) is 0 Å². The molecule has 0 aromatic heterocycles. The van der Waals surface area contributed by atoms with Gasteiger partial charge < -0.3 is 14.2 Å². The molecule has 490 valence electrons. The number of rotatable bonds is 71. The summed E-state index contributed by atoms with van der Waals surface area (Å²) < 4.78 is 17.1. The van der Waals surface area contributed by atoms with Crippen molar-refractivity contribution in [2.24, 2.45) is 0 Å². The fourth-order valence-corrected chi connectivity index (χ4v) is 11.8. The average molecular weight is 1170 g/mol. The van der Waals surface area contributed by atoms with Crippen molar-refractivity contribution < 1.29 is 28.6 Å². The molecule has 0 aliphatic rings. The van der Waals surface area contributed by atoms with Crippen LogP contribution in [0.5, 0.6) is 0 Å². The van der Waals surface area contributed by atoms with Crippen LogP contribution in [0.1, 0.15) is 432 Å². The molecule has 0 aromatic rings. The maximum Gasteiger partial charge on any atom is 0.306 e. The number of ether oxygens (including phenoxy) is 3. The van der Waals surface area contributed by atoms with Crippen LogP contribution in [0.3, 0.4) is 0 Å². The molecule has 0 saturated heterocycles. The van der Waals surface area contributed by atoms with Gasteiger partial charge >= 0.3 is 17.9 Å². The Labute approximate surface area is 519 Å². The lowest BCUT2D eigenvalue weighted by atomic mass is 10.0. The van der Waals surface area contributed by atoms with Gasteiger partial charge in [-0.15, -0.1) is 0 Å². The normalized spacial score (nSPS) is 12.1. The maximum absolute atomic E-state index is 13.0. The van der Waals surface area contributed by atoms with Gasteiger partial charge in [-0.05, 0) is 51.4 Å². The van der Waals surface area contributed by atoms with E-state index in [9.17, 15) is 14.4 Å². The average Bonchev–Trinajstić information content (AvgIpc) is 3.49. The Morgan fingerprint density at radius 1 is 0.241 bits per heavy atom. The Bertz CT molecular complexity index is 1340. The van der Waals surface area contributed by atoms with E-state index in [0.717, 1.165) is 64.2 Å². The van der Waals surface area contributed by atoms with Crippen molar-refractivity contribution in [2.75, 3.05) is 13.2 Å². The van der Waals surface area contributed by atoms with Crippen LogP contribution in [-0.4, -0.2) is 37.2 Å². The molecule has 0 amide bonds. The second kappa shape index (κ2) is 72.4. The van der Waals surface area contributed by atoms with Crippen LogP contribution in [0, 0.1) is 0 Å². The molecule has 0 aromatic carbocycles. The lowest BCUT2D eigenvalue weighted by Gasteiger charge is -2.18. The van der Waals surface area contributed by atoms with Gasteiger partial charge in [-0.1, -0.05) is 385 Å². The number of carbonyl (C=O) groups is 3. The van der Waals surface area contributed by atoms with Gasteiger partial charge in [0.1, 0.15) is 13.2 Å². The van der Waals surface area contributed by atoms with Gasteiger partial charge in [0, 0.05) is 19.3 Å². The Balaban J connectivity index is 4.29. The zero-order valence-electron chi connectivity index (χ0n) is 56.5. The van der Waals surface area contributed by atoms with Crippen LogP contribution < -0.4 is 0 Å². The Morgan fingerprint density at radius 2 is 0.434 bits per heavy atom. The third-order valence-corrected chi connectivity index (χ3v) is 17.5. The van der Waals surface area contributed by atoms with Crippen molar-refractivity contribution in [1.82, 2.24) is 0 Å². The molecule has 0 aliphatic carbocycles. The lowest BCUT2D eigenvalue weighted by Crippen LogP contribution is -2.30. The predicted octanol–water partition coefficient (Wildman–Crippen LogP) is 26.1. The number of allylic oxidation sites excluding steroid dienone is 4. The molecule has 0 heterocycles. The van der Waals surface area contributed by atoms with Crippen molar-refractivity contribution in [2.45, 2.75) is 438 Å². The van der Waals surface area contributed by atoms with E-state index in [4.69, 9.17) is 14.2 Å². The van der Waals surface area contributed by atoms with E-state index < -0.39 is 6.10 Å². The summed E-state index contributed by atoms with van der Waals surface area (Å²) in [7, 11) is 0. The molecule has 0 radical (unpaired) electrons. The third kappa shape index (κ3) is 70.5. The van der Waals surface area contributed by atoms with Gasteiger partial charge in [0.25, 0.3) is 0 Å². The van der Waals surface area contributed by atoms with E-state index in [2.05, 4.69) is 45.1 Å². The monoisotopic (exact) mass is 1170 g/mol. The lowest BCUT2D eigenvalue weighted by molar-refractivity contribution is -0.167. The largest absolute Gasteiger partial charge is 0.462 e. The fourth-order valence-electron chi connectivity index (χ4n) is 11.8. The van der Waals surface area contributed by atoms with Gasteiger partial charge in [0.15, 0.2) is 6.10 Å². The van der Waals surface area contributed by atoms with E-state index in [1.807, 2.05) is 0 Å². The number of carbonyl (C=O) groups excluding carboxylic acids is 3. The SMILES string of the molecule is CCCCCCC/C=C\C/C=C\CCCCCCCCCCCCCC(=O)OCC(COC(=O)CCCCCCCCCCCCCCCCCCCCCCC)OC(=O)CCCCCCCCCCCCCCCCCCCCCCC. The van der Waals surface area contributed by atoms with E-state index in [0.29, 0.717) is 19.3 Å². The number of hydrogen-bond donors (Lipinski definition) is 0. The highest BCUT2D eigenvalue weighted by Gasteiger charge is 2.20. The van der Waals surface area contributed by atoms with Crippen molar-refractivity contribution >= 4 is 17.9 Å². The maximum atomic E-state index is 13.0. The quantitative estimate of drug-likeness (QED) is 0.0261. The van der Waals surface area contributed by atoms with E-state index >= 15 is 0 Å². The first-order chi connectivity index (χ1) is 41.0. The summed E-state index contributed by atoms with van der Waals surface area (Å²) in [5, 5.41) is 0. The molecule has 6 nitrogen and oxygen atoms in total. The first-order valence-corrected chi connectivity index (χ1v) is 37.8. The molecule has 6 heteroatoms. The third-order valence-electron chi connectivity index (χ3n) is 17.5. The summed E-state index contributed by atoms with van der Waals surface area (Å²) in [5.74, 6) is -0.827. The van der Waals surface area contributed by atoms with Gasteiger partial charge in [0.05, 0.1) is 0 Å². The van der Waals surface area contributed by atoms with Crippen molar-refractivity contribution in [3.8, 4) is 0 Å². The summed E-state index contributed by atoms with van der Waals surface area (Å²) >= 11 is 0. The van der Waals surface area contributed by atoms with Gasteiger partial charge in [0.2, 0.25) is 0 Å². The summed E-state index contributed by atoms with van der Waals surface area (Å²) in [6.45, 7) is 6.73. The fraction of sp³-hybridized carbons (Fsp3) is 0.909. The standard InChI is InChI=1S/C77H146O6/c1-4-7-10-13-16-19-22-25-28-31-34-37-38-41-43-46-49-52-55-58-61-64-67-70-76(79)82-73-74(83-77(80)71-68-65-62-59-56-53-50-47-44-40-36-33-30-27-24-21-18-15-12-9-6-3)72-81-75(78)69-66-63-60-57-54-51-48-45-42-39-35-32-29-26-23-20-17-14-11-8-5-2/h22,25,31,34,74H,4-21,23-24,26-30,32-33,35-73H2,1-3H3/b25-22-,34-31-. The highest BCUT2D eigenvalue weighted by molar-refractivity contribution is 5.71. The molecule has 1 unspecified atom stereocenters. The molecular formula is C77H146O6. The molecule has 0 aliphatic heterocycles. The molecule has 83 heavy (non-hydrogen) atoms. The highest BCUT2D eigenvalue weighted by atomic mass is 16.6. The van der Waals surface area contributed by atoms with E-state index in [1.54, 1.807) is 0 Å². The van der Waals surface area contributed by atoms with E-state index in [-0.39, 0.29) is 31.1 Å². The van der Waals surface area contributed by atoms with Crippen LogP contribution in [-0.2, 0) is 28.6 Å². The molecule has 0 rings (SSSR count). The topological polar surface area (TPSA) is 78.9 Å². The second-order valence-electron chi connectivity index (χ2n) is 25.9. The minimum atomic E-state index is -0.770. The zero-order chi connectivity index (χ0) is 59.9. The van der Waals surface area contributed by atoms with E-state index in [1.165, 1.54) is 327 Å². The number of unbranched alkanes of at least 4 members (excludes halogenated alkanes) is 56. The van der Waals surface area contributed by atoms with Crippen molar-refractivity contribution in [3.05, 3.63) is 24.3 Å². The number of esters is 3. The van der Waals surface area contributed by atoms with Crippen LogP contribution in [0.2, 0.25) is 0 Å². The summed E-state index contributed by atoms with van der Waals surface area (Å²) in [5.41, 5.74) is 0. The van der Waals surface area contributed by atoms with Gasteiger partial charge in [-0.3, -0.25) is 14.4 Å². The minimum absolute atomic E-state index is 0.0643.